The van der Waals surface area contributed by atoms with Crippen LogP contribution >= 0.6 is 0 Å². The lowest BCUT2D eigenvalue weighted by Crippen LogP contribution is -2.51. The first-order valence-electron chi connectivity index (χ1n) is 9.16. The zero-order valence-electron chi connectivity index (χ0n) is 15.1. The minimum absolute atomic E-state index is 0.231. The molecule has 1 saturated heterocycles. The quantitative estimate of drug-likeness (QED) is 0.874. The first-order valence-corrected chi connectivity index (χ1v) is 9.16. The van der Waals surface area contributed by atoms with Crippen molar-refractivity contribution in [1.82, 2.24) is 9.80 Å². The van der Waals surface area contributed by atoms with Crippen LogP contribution in [0.1, 0.15) is 27.2 Å². The van der Waals surface area contributed by atoms with Gasteiger partial charge in [0.25, 0.3) is 5.91 Å². The van der Waals surface area contributed by atoms with Crippen LogP contribution in [0.5, 0.6) is 0 Å². The number of benzene rings is 1. The van der Waals surface area contributed by atoms with Gasteiger partial charge < -0.3 is 19.8 Å². The summed E-state index contributed by atoms with van der Waals surface area (Å²) in [5.41, 5.74) is 8.14. The third-order valence-corrected chi connectivity index (χ3v) is 5.22. The second-order valence-electron chi connectivity index (χ2n) is 7.01. The van der Waals surface area contributed by atoms with Gasteiger partial charge in [-0.1, -0.05) is 24.3 Å². The number of nitrogens with zero attached hydrogens (tertiary/aromatic N) is 2. The molecular formula is C20H23N3O4. The molecule has 0 saturated carbocycles. The van der Waals surface area contributed by atoms with Crippen molar-refractivity contribution >= 4 is 11.8 Å². The van der Waals surface area contributed by atoms with Crippen molar-refractivity contribution in [1.29, 1.82) is 0 Å². The predicted octanol–water partition coefficient (Wildman–Crippen LogP) is 1.16. The van der Waals surface area contributed by atoms with E-state index in [0.29, 0.717) is 38.3 Å². The molecule has 0 radical (unpaired) electrons. The van der Waals surface area contributed by atoms with Gasteiger partial charge in [-0.25, -0.2) is 0 Å². The number of nitrogens with two attached hydrogens (primary N) is 1. The largest absolute Gasteiger partial charge is 0.467 e. The maximum Gasteiger partial charge on any atom is 0.258 e. The number of furan rings is 1. The van der Waals surface area contributed by atoms with E-state index in [4.69, 9.17) is 14.9 Å². The highest BCUT2D eigenvalue weighted by atomic mass is 16.5. The fourth-order valence-corrected chi connectivity index (χ4v) is 3.71. The lowest BCUT2D eigenvalue weighted by atomic mass is 9.93. The first kappa shape index (κ1) is 17.8. The molecule has 7 nitrogen and oxygen atoms in total. The zero-order valence-corrected chi connectivity index (χ0v) is 15.1. The Morgan fingerprint density at radius 2 is 1.89 bits per heavy atom. The van der Waals surface area contributed by atoms with Crippen LogP contribution < -0.4 is 5.73 Å². The molecule has 2 amide bonds. The Kier molecular flexibility index (Phi) is 4.96. The second kappa shape index (κ2) is 7.54. The number of carbonyl (C=O) groups excluding carboxylic acids is 2. The third kappa shape index (κ3) is 3.74. The molecule has 0 spiro atoms. The van der Waals surface area contributed by atoms with Gasteiger partial charge in [-0.2, -0.15) is 0 Å². The summed E-state index contributed by atoms with van der Waals surface area (Å²) in [6.45, 7) is 4.11. The highest BCUT2D eigenvalue weighted by molar-refractivity contribution is 5.97. The predicted molar refractivity (Wildman–Crippen MR) is 97.8 cm³/mol. The standard InChI is InChI=1S/C20H23N3O4/c21-19(24)18-10-14-3-1-2-4-15(14)11-23(18)20(25)16-9-17(27-13-16)12-22-5-7-26-8-6-22/h1-4,9,13,18H,5-8,10-12H2,(H2,21,24)/t18-/m1/s1. The number of carbonyl (C=O) groups is 2. The SMILES string of the molecule is NC(=O)[C@H]1Cc2ccccc2CN1C(=O)c1coc(CN2CCOCC2)c1. The van der Waals surface area contributed by atoms with E-state index in [1.54, 1.807) is 11.0 Å². The van der Waals surface area contributed by atoms with Crippen LogP contribution in [0.2, 0.25) is 0 Å². The van der Waals surface area contributed by atoms with Crippen molar-refractivity contribution in [2.45, 2.75) is 25.6 Å². The van der Waals surface area contributed by atoms with Crippen LogP contribution in [-0.4, -0.2) is 54.0 Å². The molecular weight excluding hydrogens is 346 g/mol. The van der Waals surface area contributed by atoms with Crippen LogP contribution in [0.3, 0.4) is 0 Å². The molecule has 0 aliphatic carbocycles. The minimum atomic E-state index is -0.648. The number of rotatable bonds is 4. The van der Waals surface area contributed by atoms with Gasteiger partial charge in [-0.3, -0.25) is 14.5 Å². The number of fused-ring (bicyclic) bond motifs is 1. The van der Waals surface area contributed by atoms with Crippen molar-refractivity contribution in [3.05, 3.63) is 59.0 Å². The Morgan fingerprint density at radius 3 is 2.63 bits per heavy atom. The van der Waals surface area contributed by atoms with Crippen LogP contribution in [0.15, 0.2) is 41.0 Å². The molecule has 27 heavy (non-hydrogen) atoms. The van der Waals surface area contributed by atoms with E-state index in [9.17, 15) is 9.59 Å². The summed E-state index contributed by atoms with van der Waals surface area (Å²) in [5.74, 6) is 0.00783. The molecule has 3 heterocycles. The molecule has 7 heteroatoms. The van der Waals surface area contributed by atoms with E-state index >= 15 is 0 Å². The van der Waals surface area contributed by atoms with Crippen molar-refractivity contribution in [2.75, 3.05) is 26.3 Å². The van der Waals surface area contributed by atoms with Crippen LogP contribution in [-0.2, 0) is 29.0 Å². The number of ether oxygens (including phenoxy) is 1. The molecule has 1 aromatic heterocycles. The van der Waals surface area contributed by atoms with Gasteiger partial charge in [0, 0.05) is 26.1 Å². The highest BCUT2D eigenvalue weighted by Gasteiger charge is 2.34. The fourth-order valence-electron chi connectivity index (χ4n) is 3.71. The lowest BCUT2D eigenvalue weighted by molar-refractivity contribution is -0.122. The first-order chi connectivity index (χ1) is 13.1. The van der Waals surface area contributed by atoms with E-state index in [0.717, 1.165) is 30.0 Å². The number of primary amides is 1. The third-order valence-electron chi connectivity index (χ3n) is 5.22. The smallest absolute Gasteiger partial charge is 0.258 e. The summed E-state index contributed by atoms with van der Waals surface area (Å²) in [4.78, 5) is 28.8. The van der Waals surface area contributed by atoms with Crippen molar-refractivity contribution in [3.63, 3.8) is 0 Å². The number of hydrogen-bond donors (Lipinski definition) is 1. The average Bonchev–Trinajstić information content (AvgIpc) is 3.15. The van der Waals surface area contributed by atoms with Crippen LogP contribution in [0.25, 0.3) is 0 Å². The molecule has 0 unspecified atom stereocenters. The zero-order chi connectivity index (χ0) is 18.8. The number of amides is 2. The molecule has 142 valence electrons. The van der Waals surface area contributed by atoms with Gasteiger partial charge >= 0.3 is 0 Å². The van der Waals surface area contributed by atoms with Crippen LogP contribution in [0, 0.1) is 0 Å². The van der Waals surface area contributed by atoms with Crippen molar-refractivity contribution in [3.8, 4) is 0 Å². The average molecular weight is 369 g/mol. The monoisotopic (exact) mass is 369 g/mol. The van der Waals surface area contributed by atoms with E-state index in [2.05, 4.69) is 4.90 Å². The molecule has 2 aliphatic rings. The molecule has 0 bridgehead atoms. The summed E-state index contributed by atoms with van der Waals surface area (Å²) in [7, 11) is 0. The molecule has 1 aromatic carbocycles. The van der Waals surface area contributed by atoms with E-state index in [1.165, 1.54) is 6.26 Å². The second-order valence-corrected chi connectivity index (χ2v) is 7.01. The van der Waals surface area contributed by atoms with Crippen molar-refractivity contribution in [2.24, 2.45) is 5.73 Å². The van der Waals surface area contributed by atoms with Gasteiger partial charge in [0.2, 0.25) is 5.91 Å². The molecule has 2 N–H and O–H groups in total. The minimum Gasteiger partial charge on any atom is -0.467 e. The molecule has 4 rings (SSSR count). The summed E-state index contributed by atoms with van der Waals surface area (Å²) in [6, 6.07) is 8.94. The van der Waals surface area contributed by atoms with Crippen LogP contribution in [0.4, 0.5) is 0 Å². The van der Waals surface area contributed by atoms with E-state index < -0.39 is 11.9 Å². The van der Waals surface area contributed by atoms with Gasteiger partial charge in [0.05, 0.1) is 25.3 Å². The molecule has 2 aliphatic heterocycles. The Labute approximate surface area is 157 Å². The Hall–Kier alpha value is -2.64. The van der Waals surface area contributed by atoms with E-state index in [1.807, 2.05) is 24.3 Å². The maximum absolute atomic E-state index is 13.1. The Balaban J connectivity index is 1.52. The van der Waals surface area contributed by atoms with E-state index in [-0.39, 0.29) is 5.91 Å². The normalized spacial score (nSPS) is 20.3. The summed E-state index contributed by atoms with van der Waals surface area (Å²) in [6.07, 6.45) is 1.91. The summed E-state index contributed by atoms with van der Waals surface area (Å²) < 4.78 is 10.9. The number of morpholine rings is 1. The summed E-state index contributed by atoms with van der Waals surface area (Å²) in [5, 5.41) is 0. The van der Waals surface area contributed by atoms with Gasteiger partial charge in [0.1, 0.15) is 18.1 Å². The molecule has 1 fully saturated rings. The Bertz CT molecular complexity index is 841. The van der Waals surface area contributed by atoms with Gasteiger partial charge in [-0.05, 0) is 17.2 Å². The van der Waals surface area contributed by atoms with Gasteiger partial charge in [-0.15, -0.1) is 0 Å². The summed E-state index contributed by atoms with van der Waals surface area (Å²) >= 11 is 0. The number of hydrogen-bond acceptors (Lipinski definition) is 5. The fraction of sp³-hybridized carbons (Fsp3) is 0.400. The molecule has 1 atom stereocenters. The Morgan fingerprint density at radius 1 is 1.15 bits per heavy atom. The van der Waals surface area contributed by atoms with Crippen molar-refractivity contribution < 1.29 is 18.7 Å². The maximum atomic E-state index is 13.1. The topological polar surface area (TPSA) is 89.0 Å². The van der Waals surface area contributed by atoms with Gasteiger partial charge in [0.15, 0.2) is 0 Å². The molecule has 2 aromatic rings. The highest BCUT2D eigenvalue weighted by Crippen LogP contribution is 2.25. The lowest BCUT2D eigenvalue weighted by Gasteiger charge is -2.34.